The van der Waals surface area contributed by atoms with Gasteiger partial charge in [0.15, 0.2) is 0 Å². The minimum absolute atomic E-state index is 0.184. The minimum Gasteiger partial charge on any atom is -0.468 e. The van der Waals surface area contributed by atoms with E-state index < -0.39 is 23.8 Å². The normalized spacial score (nSPS) is 18.3. The number of halogens is 1. The number of ether oxygens (including phenoxy) is 2. The number of carbonyl (C=O) groups excluding carboxylic acids is 4. The van der Waals surface area contributed by atoms with Crippen LogP contribution in [0.15, 0.2) is 64.8 Å². The third kappa shape index (κ3) is 6.43. The fourth-order valence-corrected chi connectivity index (χ4v) is 5.86. The number of allylic oxidation sites excluding steroid dienone is 1. The van der Waals surface area contributed by atoms with Gasteiger partial charge >= 0.3 is 11.9 Å². The van der Waals surface area contributed by atoms with Crippen molar-refractivity contribution in [2.24, 2.45) is 10.9 Å². The first-order chi connectivity index (χ1) is 19.8. The number of nitrogens with zero attached hydrogens (tertiary/aromatic N) is 2. The second kappa shape index (κ2) is 13.7. The molecule has 2 heterocycles. The Labute approximate surface area is 245 Å². The largest absolute Gasteiger partial charge is 0.468 e. The number of methoxy groups -OCH3 is 1. The number of aliphatic imine (C=N–C) groups is 1. The fraction of sp³-hybridized carbons (Fsp3) is 0.406. The van der Waals surface area contributed by atoms with E-state index in [1.54, 1.807) is 50.2 Å². The molecule has 4 rings (SSSR count). The molecule has 216 valence electrons. The second-order valence-corrected chi connectivity index (χ2v) is 10.6. The maximum Gasteiger partial charge on any atom is 0.336 e. The number of esters is 2. The van der Waals surface area contributed by atoms with Crippen LogP contribution in [0.2, 0.25) is 5.02 Å². The van der Waals surface area contributed by atoms with Gasteiger partial charge in [0.1, 0.15) is 5.92 Å². The number of hydrogen-bond acceptors (Lipinski definition) is 7. The number of hydrogen-bond donors (Lipinski definition) is 0. The van der Waals surface area contributed by atoms with E-state index in [4.69, 9.17) is 26.1 Å². The highest BCUT2D eigenvalue weighted by Gasteiger charge is 2.43. The maximum atomic E-state index is 13.3. The zero-order valence-corrected chi connectivity index (χ0v) is 24.4. The van der Waals surface area contributed by atoms with E-state index in [2.05, 4.69) is 0 Å². The van der Waals surface area contributed by atoms with E-state index >= 15 is 0 Å². The van der Waals surface area contributed by atoms with Gasteiger partial charge in [-0.25, -0.2) is 4.79 Å². The van der Waals surface area contributed by atoms with Crippen molar-refractivity contribution in [2.45, 2.75) is 58.3 Å². The van der Waals surface area contributed by atoms with Gasteiger partial charge < -0.3 is 9.47 Å². The Kier molecular flexibility index (Phi) is 10.1. The molecule has 2 unspecified atom stereocenters. The summed E-state index contributed by atoms with van der Waals surface area (Å²) in [5.74, 6) is -2.94. The molecule has 0 fully saturated rings. The summed E-state index contributed by atoms with van der Waals surface area (Å²) in [5, 5.41) is 0.445. The van der Waals surface area contributed by atoms with E-state index in [1.807, 2.05) is 12.1 Å². The van der Waals surface area contributed by atoms with Gasteiger partial charge in [0.2, 0.25) is 0 Å². The summed E-state index contributed by atoms with van der Waals surface area (Å²) in [6.07, 6.45) is 4.63. The van der Waals surface area contributed by atoms with E-state index in [0.29, 0.717) is 51.7 Å². The van der Waals surface area contributed by atoms with Crippen molar-refractivity contribution in [1.29, 1.82) is 0 Å². The minimum atomic E-state index is -0.801. The first kappa shape index (κ1) is 30.2. The monoisotopic (exact) mass is 578 g/mol. The number of fused-ring (bicyclic) bond motifs is 1. The number of benzene rings is 2. The molecule has 0 saturated heterocycles. The molecule has 2 aromatic rings. The number of imide groups is 1. The number of amides is 2. The summed E-state index contributed by atoms with van der Waals surface area (Å²) in [5.41, 5.74) is 3.08. The van der Waals surface area contributed by atoms with Gasteiger partial charge in [-0.2, -0.15) is 0 Å². The molecule has 2 aliphatic rings. The topological polar surface area (TPSA) is 102 Å². The number of rotatable bonds is 12. The average Bonchev–Trinajstić information content (AvgIpc) is 3.21. The van der Waals surface area contributed by atoms with Gasteiger partial charge in [0.25, 0.3) is 11.8 Å². The van der Waals surface area contributed by atoms with Gasteiger partial charge in [-0.3, -0.25) is 24.3 Å². The number of unbranched alkanes of at least 4 members (excludes halogenated alkanes) is 4. The molecule has 0 saturated carbocycles. The van der Waals surface area contributed by atoms with E-state index in [9.17, 15) is 19.2 Å². The van der Waals surface area contributed by atoms with Crippen LogP contribution in [0.5, 0.6) is 0 Å². The van der Waals surface area contributed by atoms with Crippen LogP contribution >= 0.6 is 11.6 Å². The van der Waals surface area contributed by atoms with Crippen LogP contribution in [0.3, 0.4) is 0 Å². The van der Waals surface area contributed by atoms with Gasteiger partial charge in [-0.05, 0) is 56.9 Å². The summed E-state index contributed by atoms with van der Waals surface area (Å²) in [4.78, 5) is 57.3. The van der Waals surface area contributed by atoms with Crippen molar-refractivity contribution in [2.75, 3.05) is 20.3 Å². The Morgan fingerprint density at radius 1 is 0.927 bits per heavy atom. The Hall–Kier alpha value is -3.78. The molecule has 2 atom stereocenters. The van der Waals surface area contributed by atoms with Crippen molar-refractivity contribution in [3.05, 3.63) is 81.5 Å². The lowest BCUT2D eigenvalue weighted by Crippen LogP contribution is -2.36. The van der Waals surface area contributed by atoms with Gasteiger partial charge in [0.05, 0.1) is 36.1 Å². The third-order valence-electron chi connectivity index (χ3n) is 7.58. The molecular formula is C32H35ClN2O6. The van der Waals surface area contributed by atoms with Crippen molar-refractivity contribution in [3.63, 3.8) is 0 Å². The molecule has 0 aromatic heterocycles. The molecule has 8 nitrogen and oxygen atoms in total. The zero-order valence-electron chi connectivity index (χ0n) is 23.7. The molecule has 0 spiro atoms. The summed E-state index contributed by atoms with van der Waals surface area (Å²) in [6.45, 7) is 4.08. The van der Waals surface area contributed by atoms with Crippen molar-refractivity contribution in [1.82, 2.24) is 4.90 Å². The lowest BCUT2D eigenvalue weighted by Gasteiger charge is -2.32. The van der Waals surface area contributed by atoms with Crippen LogP contribution in [-0.2, 0) is 19.1 Å². The van der Waals surface area contributed by atoms with Gasteiger partial charge in [-0.15, -0.1) is 0 Å². The SMILES string of the molecule is CCOC(=O)C1=C(CCCCCCCN2C(=O)c3ccccc3C2=O)N=C(C)C(C(=O)OC)C1c1ccccc1Cl. The third-order valence-corrected chi connectivity index (χ3v) is 7.93. The van der Waals surface area contributed by atoms with E-state index in [-0.39, 0.29) is 18.4 Å². The lowest BCUT2D eigenvalue weighted by atomic mass is 9.75. The molecule has 2 aliphatic heterocycles. The van der Waals surface area contributed by atoms with E-state index in [1.165, 1.54) is 12.0 Å². The highest BCUT2D eigenvalue weighted by Crippen LogP contribution is 2.43. The molecular weight excluding hydrogens is 544 g/mol. The highest BCUT2D eigenvalue weighted by molar-refractivity contribution is 6.31. The van der Waals surface area contributed by atoms with Crippen LogP contribution in [-0.4, -0.2) is 54.6 Å². The van der Waals surface area contributed by atoms with Crippen molar-refractivity contribution >= 4 is 41.1 Å². The standard InChI is InChI=1S/C32H35ClN2O6/c1-4-41-32(39)28-25(34-20(2)26(31(38)40-3)27(28)23-16-11-12-17-24(23)33)18-8-6-5-7-13-19-35-29(36)21-14-9-10-15-22(21)30(35)37/h9-12,14-17,26-27H,4-8,13,18-19H2,1-3H3. The van der Waals surface area contributed by atoms with Crippen LogP contribution in [0, 0.1) is 5.92 Å². The Morgan fingerprint density at radius 2 is 1.54 bits per heavy atom. The molecule has 41 heavy (non-hydrogen) atoms. The Morgan fingerprint density at radius 3 is 2.17 bits per heavy atom. The number of carbonyl (C=O) groups is 4. The van der Waals surface area contributed by atoms with Crippen LogP contribution in [0.25, 0.3) is 0 Å². The van der Waals surface area contributed by atoms with Gasteiger partial charge in [0, 0.05) is 23.2 Å². The first-order valence-corrected chi connectivity index (χ1v) is 14.4. The first-order valence-electron chi connectivity index (χ1n) is 14.0. The van der Waals surface area contributed by atoms with Crippen molar-refractivity contribution in [3.8, 4) is 0 Å². The van der Waals surface area contributed by atoms with E-state index in [0.717, 1.165) is 32.1 Å². The molecule has 0 aliphatic carbocycles. The Bertz CT molecular complexity index is 1360. The second-order valence-electron chi connectivity index (χ2n) is 10.2. The van der Waals surface area contributed by atoms with Crippen LogP contribution in [0.1, 0.15) is 84.6 Å². The van der Waals surface area contributed by atoms with Crippen LogP contribution < -0.4 is 0 Å². The predicted octanol–water partition coefficient (Wildman–Crippen LogP) is 6.14. The highest BCUT2D eigenvalue weighted by atomic mass is 35.5. The Balaban J connectivity index is 1.42. The van der Waals surface area contributed by atoms with Crippen LogP contribution in [0.4, 0.5) is 0 Å². The average molecular weight is 579 g/mol. The van der Waals surface area contributed by atoms with Crippen molar-refractivity contribution < 1.29 is 28.7 Å². The molecule has 0 radical (unpaired) electrons. The molecule has 9 heteroatoms. The molecule has 0 N–H and O–H groups in total. The summed E-state index contributed by atoms with van der Waals surface area (Å²) in [6, 6.07) is 14.1. The van der Waals surface area contributed by atoms with Gasteiger partial charge in [-0.1, -0.05) is 61.2 Å². The smallest absolute Gasteiger partial charge is 0.336 e. The summed E-state index contributed by atoms with van der Waals surface area (Å²) >= 11 is 6.57. The molecule has 2 amide bonds. The molecule has 2 aromatic carbocycles. The predicted molar refractivity (Wildman–Crippen MR) is 156 cm³/mol. The maximum absolute atomic E-state index is 13.3. The fourth-order valence-electron chi connectivity index (χ4n) is 5.61. The summed E-state index contributed by atoms with van der Waals surface area (Å²) < 4.78 is 10.5. The summed E-state index contributed by atoms with van der Waals surface area (Å²) in [7, 11) is 1.32. The lowest BCUT2D eigenvalue weighted by molar-refractivity contribution is -0.144. The quantitative estimate of drug-likeness (QED) is 0.170. The zero-order chi connectivity index (χ0) is 29.5. The molecule has 0 bridgehead atoms.